The molecule has 0 radical (unpaired) electrons. The van der Waals surface area contributed by atoms with Gasteiger partial charge in [-0.1, -0.05) is 47.1 Å². The Morgan fingerprint density at radius 3 is 2.61 bits per heavy atom. The molecule has 2 aromatic carbocycles. The first-order chi connectivity index (χ1) is 17.4. The second kappa shape index (κ2) is 11.4. The van der Waals surface area contributed by atoms with E-state index >= 15 is 0 Å². The van der Waals surface area contributed by atoms with Gasteiger partial charge in [0.25, 0.3) is 0 Å². The zero-order valence-corrected chi connectivity index (χ0v) is 21.8. The van der Waals surface area contributed by atoms with Crippen molar-refractivity contribution in [1.29, 1.82) is 5.26 Å². The molecule has 0 bridgehead atoms. The number of nitrogens with zero attached hydrogens (tertiary/aromatic N) is 6. The van der Waals surface area contributed by atoms with Gasteiger partial charge in [-0.05, 0) is 58.6 Å². The Kier molecular flexibility index (Phi) is 8.04. The van der Waals surface area contributed by atoms with Crippen LogP contribution < -0.4 is 10.6 Å². The van der Waals surface area contributed by atoms with Crippen molar-refractivity contribution in [2.75, 3.05) is 37.8 Å². The zero-order valence-electron chi connectivity index (χ0n) is 21.0. The Hall–Kier alpha value is -3.67. The van der Waals surface area contributed by atoms with Gasteiger partial charge in [-0.3, -0.25) is 4.98 Å². The highest BCUT2D eigenvalue weighted by molar-refractivity contribution is 6.35. The fourth-order valence-electron chi connectivity index (χ4n) is 4.04. The van der Waals surface area contributed by atoms with Crippen molar-refractivity contribution >= 4 is 33.9 Å². The third-order valence-corrected chi connectivity index (χ3v) is 6.21. The molecule has 2 aromatic heterocycles. The fraction of sp³-hybridized carbons (Fsp3) is 0.333. The minimum Gasteiger partial charge on any atom is -0.383 e. The van der Waals surface area contributed by atoms with Gasteiger partial charge in [0.05, 0.1) is 34.0 Å². The number of hydrogen-bond donors (Lipinski definition) is 2. The molecule has 8 nitrogen and oxygen atoms in total. The maximum Gasteiger partial charge on any atom is 0.109 e. The van der Waals surface area contributed by atoms with E-state index in [-0.39, 0.29) is 12.1 Å². The average molecular weight is 503 g/mol. The summed E-state index contributed by atoms with van der Waals surface area (Å²) >= 11 is 6.70. The third-order valence-electron chi connectivity index (χ3n) is 5.93. The van der Waals surface area contributed by atoms with Gasteiger partial charge >= 0.3 is 0 Å². The molecule has 36 heavy (non-hydrogen) atoms. The number of nitriles is 1. The van der Waals surface area contributed by atoms with Gasteiger partial charge in [0.15, 0.2) is 0 Å². The first-order valence-corrected chi connectivity index (χ1v) is 12.4. The molecular weight excluding hydrogens is 472 g/mol. The van der Waals surface area contributed by atoms with E-state index in [0.717, 1.165) is 47.5 Å². The van der Waals surface area contributed by atoms with Crippen molar-refractivity contribution in [3.8, 4) is 6.07 Å². The number of hydrogen-bond acceptors (Lipinski definition) is 7. The molecule has 0 fully saturated rings. The number of anilines is 2. The van der Waals surface area contributed by atoms with Crippen LogP contribution in [0.2, 0.25) is 5.02 Å². The largest absolute Gasteiger partial charge is 0.383 e. The van der Waals surface area contributed by atoms with E-state index in [1.54, 1.807) is 6.20 Å². The van der Waals surface area contributed by atoms with Crippen LogP contribution in [0.1, 0.15) is 49.2 Å². The third kappa shape index (κ3) is 5.76. The quantitative estimate of drug-likeness (QED) is 0.276. The van der Waals surface area contributed by atoms with Crippen LogP contribution in [0.15, 0.2) is 54.9 Å². The number of rotatable bonds is 10. The molecule has 0 spiro atoms. The average Bonchev–Trinajstić information content (AvgIpc) is 3.36. The van der Waals surface area contributed by atoms with E-state index in [2.05, 4.69) is 62.9 Å². The van der Waals surface area contributed by atoms with Crippen LogP contribution in [0.3, 0.4) is 0 Å². The SMILES string of the molecule is CC(C)n1cc(C(Nc2cc(Cl)c3ncc(C#N)c(NCCCN(C)C)c3c2)c2ccccc2)nn1. The second-order valence-corrected chi connectivity index (χ2v) is 9.71. The standard InChI is InChI=1S/C27H31ClN8/c1-18(2)36-17-24(33-34-36)26(19-9-6-5-7-10-19)32-21-13-22-25(30-11-8-12-35(3)4)20(15-29)16-31-27(22)23(28)14-21/h5-7,9-10,13-14,16-18,26,32H,8,11-12H2,1-4H3,(H,30,31). The highest BCUT2D eigenvalue weighted by Crippen LogP contribution is 2.35. The Morgan fingerprint density at radius 1 is 1.17 bits per heavy atom. The number of fused-ring (bicyclic) bond motifs is 1. The predicted molar refractivity (Wildman–Crippen MR) is 145 cm³/mol. The fourth-order valence-corrected chi connectivity index (χ4v) is 4.31. The van der Waals surface area contributed by atoms with E-state index < -0.39 is 0 Å². The predicted octanol–water partition coefficient (Wildman–Crippen LogP) is 5.50. The summed E-state index contributed by atoms with van der Waals surface area (Å²) in [7, 11) is 4.09. The van der Waals surface area contributed by atoms with E-state index in [0.29, 0.717) is 16.1 Å². The summed E-state index contributed by atoms with van der Waals surface area (Å²) in [5.41, 5.74) is 4.54. The molecule has 1 unspecified atom stereocenters. The molecule has 0 saturated heterocycles. The van der Waals surface area contributed by atoms with Crippen LogP contribution >= 0.6 is 11.6 Å². The van der Waals surface area contributed by atoms with Crippen molar-refractivity contribution in [1.82, 2.24) is 24.9 Å². The van der Waals surface area contributed by atoms with E-state index in [9.17, 15) is 5.26 Å². The molecule has 2 heterocycles. The van der Waals surface area contributed by atoms with Crippen LogP contribution in [0.5, 0.6) is 0 Å². The van der Waals surface area contributed by atoms with Crippen LogP contribution in [-0.2, 0) is 0 Å². The molecular formula is C27H31ClN8. The summed E-state index contributed by atoms with van der Waals surface area (Å²) in [6, 6.07) is 16.2. The first kappa shape index (κ1) is 25.4. The van der Waals surface area contributed by atoms with Gasteiger partial charge in [0.2, 0.25) is 0 Å². The normalized spacial score (nSPS) is 12.2. The van der Waals surface area contributed by atoms with Crippen LogP contribution in [0.25, 0.3) is 10.9 Å². The first-order valence-electron chi connectivity index (χ1n) is 12.0. The lowest BCUT2D eigenvalue weighted by molar-refractivity contribution is 0.405. The van der Waals surface area contributed by atoms with E-state index in [1.165, 1.54) is 0 Å². The monoisotopic (exact) mass is 502 g/mol. The minimum atomic E-state index is -0.240. The lowest BCUT2D eigenvalue weighted by Crippen LogP contribution is -2.17. The molecule has 0 aliphatic rings. The molecule has 0 aliphatic heterocycles. The minimum absolute atomic E-state index is 0.203. The highest BCUT2D eigenvalue weighted by atomic mass is 35.5. The van der Waals surface area contributed by atoms with Crippen LogP contribution in [0.4, 0.5) is 11.4 Å². The second-order valence-electron chi connectivity index (χ2n) is 9.30. The zero-order chi connectivity index (χ0) is 25.7. The Bertz CT molecular complexity index is 1360. The number of benzene rings is 2. The summed E-state index contributed by atoms with van der Waals surface area (Å²) in [6.45, 7) is 5.81. The summed E-state index contributed by atoms with van der Waals surface area (Å²) in [5.74, 6) is 0. The Labute approximate surface area is 216 Å². The molecule has 4 rings (SSSR count). The van der Waals surface area contributed by atoms with E-state index in [1.807, 2.05) is 55.3 Å². The topological polar surface area (TPSA) is 94.7 Å². The highest BCUT2D eigenvalue weighted by Gasteiger charge is 2.20. The maximum absolute atomic E-state index is 9.75. The molecule has 4 aromatic rings. The number of aromatic nitrogens is 4. The Morgan fingerprint density at radius 2 is 1.94 bits per heavy atom. The number of pyridine rings is 1. The summed E-state index contributed by atoms with van der Waals surface area (Å²) in [5, 5.41) is 26.9. The van der Waals surface area contributed by atoms with Gasteiger partial charge < -0.3 is 15.5 Å². The van der Waals surface area contributed by atoms with Crippen molar-refractivity contribution in [2.45, 2.75) is 32.4 Å². The van der Waals surface area contributed by atoms with Gasteiger partial charge in [0.1, 0.15) is 11.8 Å². The molecule has 186 valence electrons. The van der Waals surface area contributed by atoms with Crippen molar-refractivity contribution in [3.63, 3.8) is 0 Å². The van der Waals surface area contributed by atoms with Gasteiger partial charge in [-0.15, -0.1) is 5.10 Å². The molecule has 9 heteroatoms. The lowest BCUT2D eigenvalue weighted by Gasteiger charge is -2.20. The van der Waals surface area contributed by atoms with Crippen LogP contribution in [0, 0.1) is 11.3 Å². The summed E-state index contributed by atoms with van der Waals surface area (Å²) in [6.07, 6.45) is 4.48. The van der Waals surface area contributed by atoms with E-state index in [4.69, 9.17) is 11.6 Å². The van der Waals surface area contributed by atoms with Gasteiger partial charge in [-0.25, -0.2) is 4.68 Å². The Balaban J connectivity index is 1.74. The van der Waals surface area contributed by atoms with Gasteiger partial charge in [-0.2, -0.15) is 5.26 Å². The summed E-state index contributed by atoms with van der Waals surface area (Å²) < 4.78 is 1.85. The van der Waals surface area contributed by atoms with Crippen molar-refractivity contribution in [3.05, 3.63) is 76.7 Å². The smallest absolute Gasteiger partial charge is 0.109 e. The van der Waals surface area contributed by atoms with Crippen molar-refractivity contribution in [2.24, 2.45) is 0 Å². The maximum atomic E-state index is 9.75. The molecule has 0 saturated carbocycles. The summed E-state index contributed by atoms with van der Waals surface area (Å²) in [4.78, 5) is 6.61. The number of nitrogens with one attached hydrogen (secondary N) is 2. The molecule has 2 N–H and O–H groups in total. The lowest BCUT2D eigenvalue weighted by atomic mass is 10.0. The molecule has 1 atom stereocenters. The van der Waals surface area contributed by atoms with Crippen LogP contribution in [-0.4, -0.2) is 52.1 Å². The molecule has 0 aliphatic carbocycles. The molecule has 0 amide bonds. The van der Waals surface area contributed by atoms with Crippen molar-refractivity contribution < 1.29 is 0 Å². The number of halogens is 1. The van der Waals surface area contributed by atoms with Gasteiger partial charge in [0, 0.05) is 29.9 Å².